The van der Waals surface area contributed by atoms with Crippen molar-refractivity contribution in [3.63, 3.8) is 0 Å². The molecule has 0 rings (SSSR count). The summed E-state index contributed by atoms with van der Waals surface area (Å²) >= 11 is 0. The topological polar surface area (TPSA) is 46.1 Å². The summed E-state index contributed by atoms with van der Waals surface area (Å²) in [5.41, 5.74) is 0. The average molecular weight is 240 g/mol. The van der Waals surface area contributed by atoms with Gasteiger partial charge in [0, 0.05) is 0 Å². The number of hydrogen-bond donors (Lipinski definition) is 0. The summed E-state index contributed by atoms with van der Waals surface area (Å²) in [6.07, 6.45) is 1.64. The summed E-state index contributed by atoms with van der Waals surface area (Å²) in [5, 5.41) is 19.5. The fraction of sp³-hybridized carbons (Fsp3) is 1.00. The van der Waals surface area contributed by atoms with Crippen LogP contribution >= 0.6 is 0 Å². The zero-order valence-electron chi connectivity index (χ0n) is 9.51. The molecule has 0 heterocycles. The van der Waals surface area contributed by atoms with Crippen LogP contribution in [0.25, 0.3) is 0 Å². The third-order valence-electron chi connectivity index (χ3n) is 1.39. The van der Waals surface area contributed by atoms with Gasteiger partial charge in [-0.1, -0.05) is 40.5 Å². The molecule has 0 radical (unpaired) electrons. The van der Waals surface area contributed by atoms with Crippen molar-refractivity contribution in [3.8, 4) is 0 Å². The molecule has 0 aliphatic rings. The van der Waals surface area contributed by atoms with Crippen molar-refractivity contribution >= 4 is 0 Å². The molecule has 0 bridgehead atoms. The molecule has 0 unspecified atom stereocenters. The Kier molecular flexibility index (Phi) is 22.2. The molecule has 2 nitrogen and oxygen atoms in total. The van der Waals surface area contributed by atoms with E-state index in [0.717, 1.165) is 12.8 Å². The normalized spacial score (nSPS) is 9.23. The maximum Gasteiger partial charge on any atom is 2.00 e. The van der Waals surface area contributed by atoms with Gasteiger partial charge in [0.1, 0.15) is 0 Å². The number of rotatable bonds is 4. The van der Waals surface area contributed by atoms with Crippen LogP contribution in [0, 0.1) is 11.8 Å². The van der Waals surface area contributed by atoms with E-state index in [9.17, 15) is 10.2 Å². The molecule has 0 aromatic heterocycles. The summed E-state index contributed by atoms with van der Waals surface area (Å²) < 4.78 is 0. The molecule has 0 fully saturated rings. The van der Waals surface area contributed by atoms with Crippen LogP contribution in [0.3, 0.4) is 0 Å². The predicted molar refractivity (Wildman–Crippen MR) is 48.6 cm³/mol. The standard InChI is InChI=1S/2C5H11O.Zn/c2*1-5(2)3-4-6;/h2*5H,3-4H2,1-2H3;/q2*-1;+2. The van der Waals surface area contributed by atoms with Crippen LogP contribution in [0.2, 0.25) is 0 Å². The zero-order chi connectivity index (χ0) is 9.98. The van der Waals surface area contributed by atoms with Crippen molar-refractivity contribution in [2.24, 2.45) is 11.8 Å². The Labute approximate surface area is 95.5 Å². The molecule has 0 atom stereocenters. The maximum absolute atomic E-state index is 9.74. The van der Waals surface area contributed by atoms with Gasteiger partial charge in [0.05, 0.1) is 0 Å². The molecule has 13 heavy (non-hydrogen) atoms. The minimum Gasteiger partial charge on any atom is -0.854 e. The summed E-state index contributed by atoms with van der Waals surface area (Å²) in [5.74, 6) is 1.17. The first-order valence-electron chi connectivity index (χ1n) is 4.70. The Morgan fingerprint density at radius 3 is 1.00 bits per heavy atom. The third-order valence-corrected chi connectivity index (χ3v) is 1.39. The van der Waals surface area contributed by atoms with E-state index in [1.165, 1.54) is 0 Å². The molecule has 0 saturated heterocycles. The van der Waals surface area contributed by atoms with Gasteiger partial charge in [-0.3, -0.25) is 0 Å². The minimum absolute atomic E-state index is 0. The van der Waals surface area contributed by atoms with Gasteiger partial charge in [-0.2, -0.15) is 0 Å². The van der Waals surface area contributed by atoms with Gasteiger partial charge in [0.25, 0.3) is 0 Å². The molecule has 0 amide bonds. The van der Waals surface area contributed by atoms with Crippen LogP contribution in [-0.4, -0.2) is 13.2 Å². The van der Waals surface area contributed by atoms with Crippen LogP contribution in [0.15, 0.2) is 0 Å². The summed E-state index contributed by atoms with van der Waals surface area (Å²) in [4.78, 5) is 0. The molecule has 76 valence electrons. The van der Waals surface area contributed by atoms with Crippen LogP contribution in [0.4, 0.5) is 0 Å². The molecule has 0 saturated carbocycles. The van der Waals surface area contributed by atoms with Gasteiger partial charge < -0.3 is 10.2 Å². The Morgan fingerprint density at radius 2 is 1.00 bits per heavy atom. The summed E-state index contributed by atoms with van der Waals surface area (Å²) in [6.45, 7) is 8.38. The first-order chi connectivity index (χ1) is 5.54. The van der Waals surface area contributed by atoms with Crippen LogP contribution in [0.5, 0.6) is 0 Å². The van der Waals surface area contributed by atoms with E-state index < -0.39 is 0 Å². The molecule has 0 aromatic rings. The largest absolute Gasteiger partial charge is 2.00 e. The average Bonchev–Trinajstić information content (AvgIpc) is 1.87. The van der Waals surface area contributed by atoms with Crippen molar-refractivity contribution in [3.05, 3.63) is 0 Å². The van der Waals surface area contributed by atoms with Crippen molar-refractivity contribution in [1.29, 1.82) is 0 Å². The van der Waals surface area contributed by atoms with Gasteiger partial charge in [0.2, 0.25) is 0 Å². The van der Waals surface area contributed by atoms with Gasteiger partial charge in [-0.25, -0.2) is 0 Å². The van der Waals surface area contributed by atoms with Crippen molar-refractivity contribution in [2.45, 2.75) is 40.5 Å². The second-order valence-corrected chi connectivity index (χ2v) is 3.77. The maximum atomic E-state index is 9.74. The fourth-order valence-electron chi connectivity index (χ4n) is 0.471. The first kappa shape index (κ1) is 19.2. The molecule has 0 spiro atoms. The van der Waals surface area contributed by atoms with Crippen molar-refractivity contribution in [2.75, 3.05) is 13.2 Å². The Balaban J connectivity index is -0.000000143. The smallest absolute Gasteiger partial charge is 0.854 e. The SMILES string of the molecule is CC(C)CC[O-].CC(C)CC[O-].[Zn+2]. The summed E-state index contributed by atoms with van der Waals surface area (Å²) in [7, 11) is 0. The molecule has 0 N–H and O–H groups in total. The van der Waals surface area contributed by atoms with Crippen molar-refractivity contribution < 1.29 is 29.7 Å². The van der Waals surface area contributed by atoms with E-state index in [1.807, 2.05) is 0 Å². The zero-order valence-corrected chi connectivity index (χ0v) is 12.5. The second-order valence-electron chi connectivity index (χ2n) is 3.77. The number of hydrogen-bond acceptors (Lipinski definition) is 2. The molecular weight excluding hydrogens is 217 g/mol. The minimum atomic E-state index is 0. The molecular formula is C10H22O2Zn. The van der Waals surface area contributed by atoms with Gasteiger partial charge in [-0.05, 0) is 11.8 Å². The molecule has 3 heteroatoms. The molecule has 0 aliphatic heterocycles. The van der Waals surface area contributed by atoms with E-state index in [0.29, 0.717) is 11.8 Å². The second kappa shape index (κ2) is 15.0. The van der Waals surface area contributed by atoms with Gasteiger partial charge >= 0.3 is 19.5 Å². The molecule has 0 aliphatic carbocycles. The Bertz CT molecular complexity index is 65.3. The quantitative estimate of drug-likeness (QED) is 0.681. The van der Waals surface area contributed by atoms with Crippen LogP contribution < -0.4 is 10.2 Å². The van der Waals surface area contributed by atoms with Gasteiger partial charge in [-0.15, -0.1) is 13.2 Å². The van der Waals surface area contributed by atoms with E-state index >= 15 is 0 Å². The van der Waals surface area contributed by atoms with E-state index in [1.54, 1.807) is 0 Å². The predicted octanol–water partition coefficient (Wildman–Crippen LogP) is 0.783. The fourth-order valence-corrected chi connectivity index (χ4v) is 0.471. The van der Waals surface area contributed by atoms with Crippen molar-refractivity contribution in [1.82, 2.24) is 0 Å². The first-order valence-corrected chi connectivity index (χ1v) is 4.70. The van der Waals surface area contributed by atoms with E-state index in [-0.39, 0.29) is 32.7 Å². The third kappa shape index (κ3) is 32.6. The van der Waals surface area contributed by atoms with Crippen LogP contribution in [-0.2, 0) is 19.5 Å². The van der Waals surface area contributed by atoms with E-state index in [4.69, 9.17) is 0 Å². The Morgan fingerprint density at radius 1 is 0.769 bits per heavy atom. The molecule has 0 aromatic carbocycles. The van der Waals surface area contributed by atoms with Gasteiger partial charge in [0.15, 0.2) is 0 Å². The van der Waals surface area contributed by atoms with E-state index in [2.05, 4.69) is 27.7 Å². The van der Waals surface area contributed by atoms with Crippen LogP contribution in [0.1, 0.15) is 40.5 Å². The summed E-state index contributed by atoms with van der Waals surface area (Å²) in [6, 6.07) is 0. The Hall–Kier alpha value is 0.543. The monoisotopic (exact) mass is 238 g/mol.